The van der Waals surface area contributed by atoms with Crippen molar-refractivity contribution in [2.75, 3.05) is 48.0 Å². The Balaban J connectivity index is 1.58. The van der Waals surface area contributed by atoms with E-state index in [1.165, 1.54) is 25.7 Å². The van der Waals surface area contributed by atoms with Gasteiger partial charge in [0.25, 0.3) is 0 Å². The summed E-state index contributed by atoms with van der Waals surface area (Å²) in [6.07, 6.45) is -2.88. The highest BCUT2D eigenvalue weighted by atomic mass is 32.2. The van der Waals surface area contributed by atoms with Gasteiger partial charge in [-0.3, -0.25) is 5.43 Å². The molecule has 2 aromatic carbocycles. The van der Waals surface area contributed by atoms with Gasteiger partial charge in [0, 0.05) is 49.4 Å². The second kappa shape index (κ2) is 12.0. The van der Waals surface area contributed by atoms with Gasteiger partial charge in [-0.25, -0.2) is 28.5 Å². The highest BCUT2D eigenvalue weighted by Gasteiger charge is 2.45. The van der Waals surface area contributed by atoms with Gasteiger partial charge in [0.15, 0.2) is 5.82 Å². The van der Waals surface area contributed by atoms with Crippen molar-refractivity contribution in [3.63, 3.8) is 0 Å². The third-order valence-corrected chi connectivity index (χ3v) is 7.49. The van der Waals surface area contributed by atoms with Crippen LogP contribution in [0.5, 0.6) is 5.88 Å². The minimum atomic E-state index is -5.76. The number of ether oxygens (including phenoxy) is 1. The van der Waals surface area contributed by atoms with Crippen LogP contribution < -0.4 is 24.8 Å². The molecule has 0 amide bonds. The molecule has 1 aliphatic rings. The van der Waals surface area contributed by atoms with Gasteiger partial charge >= 0.3 is 22.4 Å². The smallest absolute Gasteiger partial charge is 0.479 e. The van der Waals surface area contributed by atoms with Gasteiger partial charge < -0.3 is 19.1 Å². The van der Waals surface area contributed by atoms with Crippen molar-refractivity contribution in [1.82, 2.24) is 20.3 Å². The number of aromatic nitrogens is 3. The Morgan fingerprint density at radius 2 is 1.77 bits per heavy atom. The van der Waals surface area contributed by atoms with Gasteiger partial charge in [-0.15, -0.1) is 4.41 Å². The average molecular weight is 640 g/mol. The lowest BCUT2D eigenvalue weighted by atomic mass is 10.0. The Morgan fingerprint density at radius 3 is 2.45 bits per heavy atom. The molecular weight excluding hydrogens is 617 g/mol. The number of hydrazine groups is 1. The van der Waals surface area contributed by atoms with Gasteiger partial charge in [0.05, 0.1) is 12.6 Å². The second-order valence-electron chi connectivity index (χ2n) is 9.25. The predicted molar refractivity (Wildman–Crippen MR) is 148 cm³/mol. The number of nitrogens with zero attached hydrogens (tertiary/aromatic N) is 5. The summed E-state index contributed by atoms with van der Waals surface area (Å²) in [5.41, 5.74) is 2.44. The van der Waals surface area contributed by atoms with Crippen LogP contribution in [0.1, 0.15) is 0 Å². The normalized spacial score (nSPS) is 13.9. The molecule has 0 unspecified atom stereocenters. The third-order valence-electron chi connectivity index (χ3n) is 6.40. The topological polar surface area (TPSA) is 139 Å². The van der Waals surface area contributed by atoms with Crippen molar-refractivity contribution >= 4 is 44.4 Å². The fourth-order valence-electron chi connectivity index (χ4n) is 4.38. The van der Waals surface area contributed by atoms with E-state index < -0.39 is 39.8 Å². The number of methoxy groups -OCH3 is 1. The summed E-state index contributed by atoms with van der Waals surface area (Å²) in [6.45, 7) is 2.93. The third kappa shape index (κ3) is 6.40. The Morgan fingerprint density at radius 1 is 1.02 bits per heavy atom. The average Bonchev–Trinajstić information content (AvgIpc) is 2.99. The molecule has 1 aliphatic heterocycles. The van der Waals surface area contributed by atoms with Crippen LogP contribution in [0, 0.1) is 11.6 Å². The van der Waals surface area contributed by atoms with Crippen LogP contribution in [0.15, 0.2) is 55.0 Å². The number of carbonyl (C=O) groups excluding carboxylic acids is 1. The number of piperazine rings is 1. The molecule has 0 atom stereocenters. The van der Waals surface area contributed by atoms with Crippen molar-refractivity contribution in [2.45, 2.75) is 6.18 Å². The van der Waals surface area contributed by atoms with Gasteiger partial charge in [-0.2, -0.15) is 21.6 Å². The summed E-state index contributed by atoms with van der Waals surface area (Å²) < 4.78 is 101. The number of hydrogen-bond acceptors (Lipinski definition) is 11. The summed E-state index contributed by atoms with van der Waals surface area (Å²) in [6, 6.07) is 8.06. The summed E-state index contributed by atoms with van der Waals surface area (Å²) >= 11 is 0. The molecule has 3 heterocycles. The first-order valence-corrected chi connectivity index (χ1v) is 14.1. The van der Waals surface area contributed by atoms with E-state index in [0.717, 1.165) is 13.1 Å². The molecule has 232 valence electrons. The predicted octanol–water partition coefficient (Wildman–Crippen LogP) is 3.57. The molecule has 44 heavy (non-hydrogen) atoms. The maximum atomic E-state index is 14.8. The van der Waals surface area contributed by atoms with Crippen LogP contribution in [0.2, 0.25) is 0 Å². The van der Waals surface area contributed by atoms with E-state index in [1.54, 1.807) is 18.2 Å². The van der Waals surface area contributed by atoms with Gasteiger partial charge in [0.2, 0.25) is 5.88 Å². The number of nitrogens with one attached hydrogen (secondary N) is 2. The standard InChI is InChI=1S/C26H22F5N7O5S/c1-42-24-21(36-38(22-5-3-17(27)12-19(22)28)44(40,41)43-25(39)26(29,30)31)11-16(13-33-24)15-2-4-20-18(10-15)23(35-14-34-20)37-8-6-32-7-9-37/h2-5,10-14,32,36H,6-9H2,1H3. The van der Waals surface area contributed by atoms with Crippen LogP contribution in [0.3, 0.4) is 0 Å². The molecule has 2 aromatic heterocycles. The molecule has 1 saturated heterocycles. The number of anilines is 3. The molecule has 12 nitrogen and oxygen atoms in total. The van der Waals surface area contributed by atoms with E-state index in [-0.39, 0.29) is 22.0 Å². The zero-order chi connectivity index (χ0) is 31.6. The van der Waals surface area contributed by atoms with E-state index in [4.69, 9.17) is 4.74 Å². The minimum absolute atomic E-state index is 0.203. The number of carbonyl (C=O) groups is 1. The van der Waals surface area contributed by atoms with Crippen molar-refractivity contribution in [3.05, 3.63) is 66.6 Å². The van der Waals surface area contributed by atoms with E-state index in [2.05, 4.69) is 34.8 Å². The molecule has 0 spiro atoms. The number of rotatable bonds is 8. The molecule has 5 rings (SSSR count). The highest BCUT2D eigenvalue weighted by Crippen LogP contribution is 2.34. The first kappa shape index (κ1) is 30.6. The number of halogens is 5. The zero-order valence-corrected chi connectivity index (χ0v) is 23.4. The first-order chi connectivity index (χ1) is 20.9. The van der Waals surface area contributed by atoms with Crippen LogP contribution >= 0.6 is 0 Å². The maximum absolute atomic E-state index is 14.8. The number of hydrogen-bond donors (Lipinski definition) is 2. The summed E-state index contributed by atoms with van der Waals surface area (Å²) in [5.74, 6) is -5.30. The number of benzene rings is 2. The molecular formula is C26H22F5N7O5S. The Kier molecular flexibility index (Phi) is 8.38. The van der Waals surface area contributed by atoms with Crippen LogP contribution in [0.4, 0.5) is 39.1 Å². The minimum Gasteiger partial charge on any atom is -0.479 e. The van der Waals surface area contributed by atoms with Crippen molar-refractivity contribution in [3.8, 4) is 17.0 Å². The van der Waals surface area contributed by atoms with Crippen LogP contribution in [0.25, 0.3) is 22.0 Å². The highest BCUT2D eigenvalue weighted by molar-refractivity contribution is 7.88. The Labute approximate surface area is 246 Å². The molecule has 0 saturated carbocycles. The fraction of sp³-hybridized carbons (Fsp3) is 0.231. The molecule has 18 heteroatoms. The van der Waals surface area contributed by atoms with Crippen LogP contribution in [-0.2, 0) is 19.3 Å². The molecule has 4 aromatic rings. The number of fused-ring (bicyclic) bond motifs is 1. The van der Waals surface area contributed by atoms with E-state index in [0.29, 0.717) is 53.1 Å². The van der Waals surface area contributed by atoms with Crippen molar-refractivity contribution < 1.29 is 44.1 Å². The van der Waals surface area contributed by atoms with E-state index >= 15 is 0 Å². The Bertz CT molecular complexity index is 1820. The lowest BCUT2D eigenvalue weighted by Crippen LogP contribution is -2.44. The number of alkyl halides is 3. The van der Waals surface area contributed by atoms with Crippen LogP contribution in [-0.4, -0.2) is 68.8 Å². The lowest BCUT2D eigenvalue weighted by Gasteiger charge is -2.29. The largest absolute Gasteiger partial charge is 0.492 e. The van der Waals surface area contributed by atoms with Crippen molar-refractivity contribution in [2.24, 2.45) is 0 Å². The molecule has 1 fully saturated rings. The van der Waals surface area contributed by atoms with E-state index in [9.17, 15) is 35.2 Å². The first-order valence-electron chi connectivity index (χ1n) is 12.7. The summed E-state index contributed by atoms with van der Waals surface area (Å²) in [5, 5.41) is 3.97. The molecule has 0 aliphatic carbocycles. The fourth-order valence-corrected chi connectivity index (χ4v) is 5.34. The quantitative estimate of drug-likeness (QED) is 0.216. The molecule has 0 bridgehead atoms. The van der Waals surface area contributed by atoms with Crippen molar-refractivity contribution in [1.29, 1.82) is 0 Å². The summed E-state index contributed by atoms with van der Waals surface area (Å²) in [7, 11) is -4.59. The lowest BCUT2D eigenvalue weighted by molar-refractivity contribution is -0.189. The molecule has 0 radical (unpaired) electrons. The molecule has 2 N–H and O–H groups in total. The second-order valence-corrected chi connectivity index (χ2v) is 10.6. The maximum Gasteiger partial charge on any atom is 0.492 e. The monoisotopic (exact) mass is 639 g/mol. The van der Waals surface area contributed by atoms with Gasteiger partial charge in [0.1, 0.15) is 29.3 Å². The summed E-state index contributed by atoms with van der Waals surface area (Å²) in [4.78, 5) is 26.4. The van der Waals surface area contributed by atoms with Gasteiger partial charge in [-0.05, 0) is 35.9 Å². The SMILES string of the molecule is COc1ncc(-c2ccc3ncnc(N4CCNCC4)c3c2)cc1NN(c1ccc(F)cc1F)S(=O)(=O)OC(=O)C(F)(F)F. The zero-order valence-electron chi connectivity index (χ0n) is 22.6. The number of pyridine rings is 1. The Hall–Kier alpha value is -4.84. The van der Waals surface area contributed by atoms with Gasteiger partial charge in [-0.1, -0.05) is 6.07 Å². The van der Waals surface area contributed by atoms with E-state index in [1.807, 2.05) is 0 Å².